The predicted octanol–water partition coefficient (Wildman–Crippen LogP) is 7.03. The molecule has 1 amide bonds. The molecule has 0 saturated carbocycles. The molecule has 0 bridgehead atoms. The van der Waals surface area contributed by atoms with Gasteiger partial charge in [0.15, 0.2) is 0 Å². The fraction of sp³-hybridized carbons (Fsp3) is 0.200. The van der Waals surface area contributed by atoms with Crippen molar-refractivity contribution in [3.63, 3.8) is 0 Å². The maximum atomic E-state index is 12.3. The number of carbonyl (C=O) groups excluding carboxylic acids is 1. The minimum absolute atomic E-state index is 0.235. The number of anilines is 1. The SMILES string of the molecule is O=C1CCCCN1c1ccc(CCc2cn(C(c3ccccc3)(c3ccccc3)c3ccccc3)cn2)cc1. The van der Waals surface area contributed by atoms with E-state index in [-0.39, 0.29) is 5.91 Å². The standard InChI is InChI=1S/C35H33N3O/c39-34-18-10-11-25-38(34)33-23-20-28(21-24-33)19-22-32-26-37(27-36-32)35(29-12-4-1-5-13-29,30-14-6-2-7-15-30)31-16-8-3-9-17-31/h1-9,12-17,20-21,23-24,26-27H,10-11,18-19,22,25H2. The van der Waals surface area contributed by atoms with Gasteiger partial charge in [-0.05, 0) is 60.1 Å². The first-order chi connectivity index (χ1) is 19.2. The highest BCUT2D eigenvalue weighted by molar-refractivity contribution is 5.93. The summed E-state index contributed by atoms with van der Waals surface area (Å²) in [4.78, 5) is 19.1. The monoisotopic (exact) mass is 511 g/mol. The lowest BCUT2D eigenvalue weighted by Gasteiger charge is -2.37. The van der Waals surface area contributed by atoms with Crippen LogP contribution in [0.4, 0.5) is 5.69 Å². The van der Waals surface area contributed by atoms with Crippen LogP contribution in [-0.2, 0) is 23.2 Å². The molecule has 4 aromatic carbocycles. The molecular formula is C35H33N3O. The van der Waals surface area contributed by atoms with Crippen molar-refractivity contribution in [1.29, 1.82) is 0 Å². The topological polar surface area (TPSA) is 38.1 Å². The smallest absolute Gasteiger partial charge is 0.226 e. The van der Waals surface area contributed by atoms with E-state index < -0.39 is 5.54 Å². The summed E-state index contributed by atoms with van der Waals surface area (Å²) in [7, 11) is 0. The second-order valence-corrected chi connectivity index (χ2v) is 10.2. The molecule has 4 heteroatoms. The molecular weight excluding hydrogens is 478 g/mol. The molecule has 4 nitrogen and oxygen atoms in total. The third-order valence-electron chi connectivity index (χ3n) is 7.84. The van der Waals surface area contributed by atoms with Crippen LogP contribution in [0.3, 0.4) is 0 Å². The summed E-state index contributed by atoms with van der Waals surface area (Å²) in [6.45, 7) is 0.821. The number of benzene rings is 4. The Morgan fingerprint density at radius 1 is 0.667 bits per heavy atom. The number of nitrogens with zero attached hydrogens (tertiary/aromatic N) is 3. The lowest BCUT2D eigenvalue weighted by molar-refractivity contribution is -0.119. The van der Waals surface area contributed by atoms with Crippen molar-refractivity contribution in [3.8, 4) is 0 Å². The van der Waals surface area contributed by atoms with Crippen LogP contribution in [0.5, 0.6) is 0 Å². The second kappa shape index (κ2) is 11.1. The Labute approximate surface area is 230 Å². The van der Waals surface area contributed by atoms with E-state index in [1.165, 1.54) is 22.3 Å². The van der Waals surface area contributed by atoms with E-state index in [9.17, 15) is 4.79 Å². The summed E-state index contributed by atoms with van der Waals surface area (Å²) in [5.74, 6) is 0.235. The minimum atomic E-state index is -0.544. The highest BCUT2D eigenvalue weighted by atomic mass is 16.2. The number of amides is 1. The van der Waals surface area contributed by atoms with Gasteiger partial charge in [-0.3, -0.25) is 4.79 Å². The van der Waals surface area contributed by atoms with Crippen molar-refractivity contribution >= 4 is 11.6 Å². The maximum Gasteiger partial charge on any atom is 0.226 e. The lowest BCUT2D eigenvalue weighted by Crippen LogP contribution is -2.36. The van der Waals surface area contributed by atoms with Crippen LogP contribution in [0.15, 0.2) is 128 Å². The van der Waals surface area contributed by atoms with Crippen molar-refractivity contribution in [1.82, 2.24) is 9.55 Å². The van der Waals surface area contributed by atoms with Crippen molar-refractivity contribution in [3.05, 3.63) is 156 Å². The minimum Gasteiger partial charge on any atom is -0.319 e. The van der Waals surface area contributed by atoms with E-state index >= 15 is 0 Å². The molecule has 194 valence electrons. The van der Waals surface area contributed by atoms with Crippen LogP contribution in [0.1, 0.15) is 47.2 Å². The molecule has 1 fully saturated rings. The molecule has 1 aromatic heterocycles. The van der Waals surface area contributed by atoms with E-state index in [4.69, 9.17) is 4.98 Å². The van der Waals surface area contributed by atoms with Crippen LogP contribution in [0, 0.1) is 0 Å². The second-order valence-electron chi connectivity index (χ2n) is 10.2. The summed E-state index contributed by atoms with van der Waals surface area (Å²) in [5.41, 5.74) is 6.33. The summed E-state index contributed by atoms with van der Waals surface area (Å²) in [6.07, 6.45) is 8.64. The Morgan fingerprint density at radius 3 is 1.77 bits per heavy atom. The molecule has 0 spiro atoms. The number of aromatic nitrogens is 2. The predicted molar refractivity (Wildman–Crippen MR) is 157 cm³/mol. The average molecular weight is 512 g/mol. The highest BCUT2D eigenvalue weighted by Crippen LogP contribution is 2.40. The Morgan fingerprint density at radius 2 is 1.23 bits per heavy atom. The molecule has 1 aliphatic rings. The van der Waals surface area contributed by atoms with E-state index in [1.54, 1.807) is 0 Å². The molecule has 1 saturated heterocycles. The fourth-order valence-corrected chi connectivity index (χ4v) is 5.86. The van der Waals surface area contributed by atoms with Gasteiger partial charge in [0.05, 0.1) is 12.0 Å². The van der Waals surface area contributed by atoms with Crippen LogP contribution in [0.2, 0.25) is 0 Å². The van der Waals surface area contributed by atoms with Crippen LogP contribution >= 0.6 is 0 Å². The molecule has 0 N–H and O–H groups in total. The van der Waals surface area contributed by atoms with E-state index in [0.717, 1.165) is 43.6 Å². The van der Waals surface area contributed by atoms with Gasteiger partial charge in [0.25, 0.3) is 0 Å². The van der Waals surface area contributed by atoms with Gasteiger partial charge in [0, 0.05) is 24.8 Å². The number of carbonyl (C=O) groups is 1. The van der Waals surface area contributed by atoms with Crippen LogP contribution < -0.4 is 4.90 Å². The molecule has 6 rings (SSSR count). The number of rotatable bonds is 8. The molecule has 5 aromatic rings. The lowest BCUT2D eigenvalue weighted by atomic mass is 9.77. The van der Waals surface area contributed by atoms with E-state index in [0.29, 0.717) is 6.42 Å². The summed E-state index contributed by atoms with van der Waals surface area (Å²) in [6, 6.07) is 40.5. The van der Waals surface area contributed by atoms with Gasteiger partial charge in [-0.25, -0.2) is 4.98 Å². The first-order valence-electron chi connectivity index (χ1n) is 13.8. The average Bonchev–Trinajstić information content (AvgIpc) is 3.48. The molecule has 0 aliphatic carbocycles. The third kappa shape index (κ3) is 4.90. The number of imidazole rings is 1. The zero-order valence-electron chi connectivity index (χ0n) is 22.1. The van der Waals surface area contributed by atoms with Crippen molar-refractivity contribution in [2.45, 2.75) is 37.6 Å². The number of piperidine rings is 1. The van der Waals surface area contributed by atoms with Gasteiger partial charge in [-0.1, -0.05) is 103 Å². The molecule has 0 unspecified atom stereocenters. The maximum absolute atomic E-state index is 12.3. The van der Waals surface area contributed by atoms with Gasteiger partial charge in [0.2, 0.25) is 5.91 Å². The zero-order chi connectivity index (χ0) is 26.5. The first-order valence-corrected chi connectivity index (χ1v) is 13.8. The first kappa shape index (κ1) is 24.9. The van der Waals surface area contributed by atoms with Crippen LogP contribution in [0.25, 0.3) is 0 Å². The fourth-order valence-electron chi connectivity index (χ4n) is 5.86. The van der Waals surface area contributed by atoms with E-state index in [1.807, 2.05) is 11.2 Å². The molecule has 39 heavy (non-hydrogen) atoms. The van der Waals surface area contributed by atoms with Crippen molar-refractivity contribution in [2.75, 3.05) is 11.4 Å². The molecule has 0 radical (unpaired) electrons. The van der Waals surface area contributed by atoms with Gasteiger partial charge in [-0.2, -0.15) is 0 Å². The molecule has 2 heterocycles. The van der Waals surface area contributed by atoms with Gasteiger partial charge in [0.1, 0.15) is 5.54 Å². The highest BCUT2D eigenvalue weighted by Gasteiger charge is 2.38. The van der Waals surface area contributed by atoms with E-state index in [2.05, 4.69) is 126 Å². The van der Waals surface area contributed by atoms with Crippen molar-refractivity contribution < 1.29 is 4.79 Å². The third-order valence-corrected chi connectivity index (χ3v) is 7.84. The van der Waals surface area contributed by atoms with Gasteiger partial charge in [-0.15, -0.1) is 0 Å². The summed E-state index contributed by atoms with van der Waals surface area (Å²) < 4.78 is 2.27. The Hall–Kier alpha value is -4.44. The number of aryl methyl sites for hydroxylation is 2. The summed E-state index contributed by atoms with van der Waals surface area (Å²) >= 11 is 0. The Balaban J connectivity index is 1.31. The normalized spacial score (nSPS) is 13.9. The molecule has 0 atom stereocenters. The van der Waals surface area contributed by atoms with Gasteiger partial charge >= 0.3 is 0 Å². The largest absolute Gasteiger partial charge is 0.319 e. The zero-order valence-corrected chi connectivity index (χ0v) is 22.1. The quantitative estimate of drug-likeness (QED) is 0.210. The van der Waals surface area contributed by atoms with Gasteiger partial charge < -0.3 is 9.47 Å². The Kier molecular flexibility index (Phi) is 7.09. The number of hydrogen-bond donors (Lipinski definition) is 0. The molecule has 1 aliphatic heterocycles. The van der Waals surface area contributed by atoms with Crippen LogP contribution in [-0.4, -0.2) is 22.0 Å². The summed E-state index contributed by atoms with van der Waals surface area (Å²) in [5, 5.41) is 0. The number of hydrogen-bond acceptors (Lipinski definition) is 2. The van der Waals surface area contributed by atoms with Crippen molar-refractivity contribution in [2.24, 2.45) is 0 Å². The Bertz CT molecular complexity index is 1410.